The van der Waals surface area contributed by atoms with Crippen molar-refractivity contribution in [2.75, 3.05) is 5.32 Å². The lowest BCUT2D eigenvalue weighted by molar-refractivity contribution is 0.103. The number of anilines is 1. The topological polar surface area (TPSA) is 59.8 Å². The van der Waals surface area contributed by atoms with E-state index in [-0.39, 0.29) is 5.91 Å². The highest BCUT2D eigenvalue weighted by molar-refractivity contribution is 7.20. The molecular formula is C19H18N4OS2. The second-order valence-corrected chi connectivity index (χ2v) is 8.55. The van der Waals surface area contributed by atoms with E-state index < -0.39 is 0 Å². The van der Waals surface area contributed by atoms with Crippen LogP contribution in [0.4, 0.5) is 5.13 Å². The molecule has 5 nitrogen and oxygen atoms in total. The predicted octanol–water partition coefficient (Wildman–Crippen LogP) is 4.78. The number of hydrogen-bond acceptors (Lipinski definition) is 5. The van der Waals surface area contributed by atoms with Gasteiger partial charge in [-0.05, 0) is 32.4 Å². The Morgan fingerprint density at radius 1 is 1.15 bits per heavy atom. The third kappa shape index (κ3) is 3.27. The van der Waals surface area contributed by atoms with E-state index in [0.717, 1.165) is 20.8 Å². The molecule has 0 saturated carbocycles. The third-order valence-electron chi connectivity index (χ3n) is 4.13. The highest BCUT2D eigenvalue weighted by atomic mass is 32.1. The molecule has 26 heavy (non-hydrogen) atoms. The van der Waals surface area contributed by atoms with Crippen LogP contribution in [0.15, 0.2) is 36.5 Å². The van der Waals surface area contributed by atoms with Crippen LogP contribution in [0.3, 0.4) is 0 Å². The maximum atomic E-state index is 12.5. The summed E-state index contributed by atoms with van der Waals surface area (Å²) in [4.78, 5) is 19.5. The van der Waals surface area contributed by atoms with Crippen LogP contribution in [0.5, 0.6) is 0 Å². The van der Waals surface area contributed by atoms with E-state index in [4.69, 9.17) is 0 Å². The molecule has 4 aromatic rings. The number of fused-ring (bicyclic) bond motifs is 1. The summed E-state index contributed by atoms with van der Waals surface area (Å²) in [6, 6.07) is 10.4. The first-order chi connectivity index (χ1) is 12.5. The zero-order chi connectivity index (χ0) is 18.3. The molecule has 1 N–H and O–H groups in total. The molecule has 7 heteroatoms. The molecular weight excluding hydrogens is 364 g/mol. The SMILES string of the molecule is Cc1ccc(Cn2nc(C)c3cc(C(=O)Nc4ncc(C)s4)sc32)cc1. The lowest BCUT2D eigenvalue weighted by Crippen LogP contribution is -2.09. The minimum absolute atomic E-state index is 0.123. The maximum absolute atomic E-state index is 12.5. The average molecular weight is 383 g/mol. The van der Waals surface area contributed by atoms with Crippen LogP contribution in [0, 0.1) is 20.8 Å². The standard InChI is InChI=1S/C19H18N4OS2/c1-11-4-6-14(7-5-11)10-23-18-15(13(3)22-23)8-16(26-18)17(24)21-19-20-9-12(2)25-19/h4-9H,10H2,1-3H3,(H,20,21,24). The number of thiazole rings is 1. The van der Waals surface area contributed by atoms with Crippen LogP contribution in [0.25, 0.3) is 10.2 Å². The lowest BCUT2D eigenvalue weighted by Gasteiger charge is -2.03. The molecule has 0 saturated heterocycles. The van der Waals surface area contributed by atoms with Gasteiger partial charge in [-0.1, -0.05) is 29.8 Å². The number of thiophene rings is 1. The minimum atomic E-state index is -0.123. The van der Waals surface area contributed by atoms with E-state index in [1.165, 1.54) is 33.8 Å². The second-order valence-electron chi connectivity index (χ2n) is 6.29. The molecule has 0 fully saturated rings. The smallest absolute Gasteiger partial charge is 0.267 e. The molecule has 1 amide bonds. The molecule has 0 aliphatic heterocycles. The second kappa shape index (κ2) is 6.66. The van der Waals surface area contributed by atoms with Gasteiger partial charge < -0.3 is 0 Å². The number of amides is 1. The van der Waals surface area contributed by atoms with E-state index in [0.29, 0.717) is 16.6 Å². The van der Waals surface area contributed by atoms with Crippen molar-refractivity contribution in [1.29, 1.82) is 0 Å². The van der Waals surface area contributed by atoms with Gasteiger partial charge in [0.1, 0.15) is 4.83 Å². The van der Waals surface area contributed by atoms with Crippen molar-refractivity contribution < 1.29 is 4.79 Å². The number of hydrogen-bond donors (Lipinski definition) is 1. The van der Waals surface area contributed by atoms with Crippen molar-refractivity contribution >= 4 is 43.9 Å². The Balaban J connectivity index is 1.62. The van der Waals surface area contributed by atoms with Crippen molar-refractivity contribution in [2.45, 2.75) is 27.3 Å². The van der Waals surface area contributed by atoms with E-state index in [9.17, 15) is 4.79 Å². The largest absolute Gasteiger partial charge is 0.297 e. The van der Waals surface area contributed by atoms with Crippen LogP contribution >= 0.6 is 22.7 Å². The molecule has 1 aromatic carbocycles. The highest BCUT2D eigenvalue weighted by Crippen LogP contribution is 2.30. The van der Waals surface area contributed by atoms with Crippen molar-refractivity contribution in [2.24, 2.45) is 0 Å². The van der Waals surface area contributed by atoms with Crippen molar-refractivity contribution in [1.82, 2.24) is 14.8 Å². The van der Waals surface area contributed by atoms with Gasteiger partial charge in [0.05, 0.1) is 17.1 Å². The summed E-state index contributed by atoms with van der Waals surface area (Å²) in [5, 5.41) is 9.17. The molecule has 0 radical (unpaired) electrons. The van der Waals surface area contributed by atoms with Crippen LogP contribution in [-0.2, 0) is 6.54 Å². The molecule has 4 rings (SSSR count). The summed E-state index contributed by atoms with van der Waals surface area (Å²) in [6.07, 6.45) is 1.76. The third-order valence-corrected chi connectivity index (χ3v) is 6.10. The van der Waals surface area contributed by atoms with Crippen LogP contribution in [0.1, 0.15) is 31.4 Å². The quantitative estimate of drug-likeness (QED) is 0.552. The van der Waals surface area contributed by atoms with Gasteiger partial charge in [0.25, 0.3) is 5.91 Å². The van der Waals surface area contributed by atoms with Gasteiger partial charge in [-0.15, -0.1) is 22.7 Å². The fraction of sp³-hybridized carbons (Fsp3) is 0.211. The average Bonchev–Trinajstić information content (AvgIpc) is 3.28. The molecule has 0 unspecified atom stereocenters. The Kier molecular flexibility index (Phi) is 4.34. The summed E-state index contributed by atoms with van der Waals surface area (Å²) >= 11 is 2.94. The first kappa shape index (κ1) is 16.9. The summed E-state index contributed by atoms with van der Waals surface area (Å²) in [5.74, 6) is -0.123. The number of nitrogens with zero attached hydrogens (tertiary/aromatic N) is 3. The van der Waals surface area contributed by atoms with E-state index in [1.54, 1.807) is 6.20 Å². The van der Waals surface area contributed by atoms with Crippen molar-refractivity contribution in [3.63, 3.8) is 0 Å². The van der Waals surface area contributed by atoms with E-state index in [2.05, 4.69) is 46.6 Å². The highest BCUT2D eigenvalue weighted by Gasteiger charge is 2.17. The van der Waals surface area contributed by atoms with Gasteiger partial charge >= 0.3 is 0 Å². The Labute approximate surface area is 159 Å². The van der Waals surface area contributed by atoms with Gasteiger partial charge in [-0.3, -0.25) is 14.8 Å². The number of aromatic nitrogens is 3. The molecule has 0 bridgehead atoms. The Morgan fingerprint density at radius 2 is 1.92 bits per heavy atom. The minimum Gasteiger partial charge on any atom is -0.297 e. The van der Waals surface area contributed by atoms with Crippen LogP contribution in [-0.4, -0.2) is 20.7 Å². The molecule has 0 aliphatic carbocycles. The predicted molar refractivity (Wildman–Crippen MR) is 107 cm³/mol. The van der Waals surface area contributed by atoms with Gasteiger partial charge in [0, 0.05) is 16.5 Å². The number of benzene rings is 1. The fourth-order valence-electron chi connectivity index (χ4n) is 2.77. The zero-order valence-electron chi connectivity index (χ0n) is 14.7. The number of carbonyl (C=O) groups is 1. The Morgan fingerprint density at radius 3 is 2.62 bits per heavy atom. The first-order valence-electron chi connectivity index (χ1n) is 8.26. The maximum Gasteiger partial charge on any atom is 0.267 e. The summed E-state index contributed by atoms with van der Waals surface area (Å²) in [6.45, 7) is 6.72. The number of aryl methyl sites for hydroxylation is 3. The molecule has 3 heterocycles. The zero-order valence-corrected chi connectivity index (χ0v) is 16.4. The van der Waals surface area contributed by atoms with E-state index >= 15 is 0 Å². The van der Waals surface area contributed by atoms with Crippen molar-refractivity contribution in [3.05, 3.63) is 63.1 Å². The molecule has 132 valence electrons. The first-order valence-corrected chi connectivity index (χ1v) is 9.89. The Bertz CT molecular complexity index is 1090. The summed E-state index contributed by atoms with van der Waals surface area (Å²) in [5.41, 5.74) is 3.37. The molecule has 0 spiro atoms. The van der Waals surface area contributed by atoms with Gasteiger partial charge in [-0.25, -0.2) is 4.98 Å². The number of rotatable bonds is 4. The molecule has 0 aliphatic rings. The normalized spacial score (nSPS) is 11.2. The molecule has 0 atom stereocenters. The number of nitrogens with one attached hydrogen (secondary N) is 1. The lowest BCUT2D eigenvalue weighted by atomic mass is 10.1. The summed E-state index contributed by atoms with van der Waals surface area (Å²) in [7, 11) is 0. The van der Waals surface area contributed by atoms with Crippen LogP contribution < -0.4 is 5.32 Å². The fourth-order valence-corrected chi connectivity index (χ4v) is 4.49. The monoisotopic (exact) mass is 382 g/mol. The summed E-state index contributed by atoms with van der Waals surface area (Å²) < 4.78 is 1.98. The number of carbonyl (C=O) groups excluding carboxylic acids is 1. The molecule has 3 aromatic heterocycles. The van der Waals surface area contributed by atoms with Gasteiger partial charge in [0.15, 0.2) is 5.13 Å². The van der Waals surface area contributed by atoms with E-state index in [1.807, 2.05) is 24.6 Å². The van der Waals surface area contributed by atoms with Gasteiger partial charge in [-0.2, -0.15) is 5.10 Å². The van der Waals surface area contributed by atoms with Gasteiger partial charge in [0.2, 0.25) is 0 Å². The Hall–Kier alpha value is -2.51. The van der Waals surface area contributed by atoms with Crippen molar-refractivity contribution in [3.8, 4) is 0 Å². The van der Waals surface area contributed by atoms with Crippen LogP contribution in [0.2, 0.25) is 0 Å².